The summed E-state index contributed by atoms with van der Waals surface area (Å²) < 4.78 is 5.43. The van der Waals surface area contributed by atoms with E-state index >= 15 is 0 Å². The number of ether oxygens (including phenoxy) is 1. The first-order chi connectivity index (χ1) is 12.1. The van der Waals surface area contributed by atoms with Gasteiger partial charge in [-0.1, -0.05) is 11.6 Å². The number of aliphatic hydroxyl groups is 1. The smallest absolute Gasteiger partial charge is 0.410 e. The van der Waals surface area contributed by atoms with Gasteiger partial charge in [0.15, 0.2) is 0 Å². The monoisotopic (exact) mass is 373 g/mol. The average Bonchev–Trinajstić information content (AvgIpc) is 3.17. The average molecular weight is 374 g/mol. The van der Waals surface area contributed by atoms with Crippen LogP contribution in [0.3, 0.4) is 0 Å². The number of amides is 1. The first-order valence-corrected chi connectivity index (χ1v) is 8.80. The highest BCUT2D eigenvalue weighted by Crippen LogP contribution is 2.42. The molecule has 1 aromatic carbocycles. The van der Waals surface area contributed by atoms with E-state index in [1.54, 1.807) is 35.4 Å². The molecule has 0 atom stereocenters. The quantitative estimate of drug-likeness (QED) is 0.801. The maximum absolute atomic E-state index is 12.3. The molecule has 0 spiro atoms. The number of H-pyrrole nitrogens is 1. The Morgan fingerprint density at radius 1 is 1.31 bits per heavy atom. The van der Waals surface area contributed by atoms with Gasteiger partial charge < -0.3 is 9.84 Å². The Hall–Kier alpha value is -2.31. The summed E-state index contributed by atoms with van der Waals surface area (Å²) in [7, 11) is 0. The van der Waals surface area contributed by atoms with Crippen LogP contribution in [0.5, 0.6) is 0 Å². The highest BCUT2D eigenvalue weighted by Gasteiger charge is 2.39. The van der Waals surface area contributed by atoms with Crippen LogP contribution in [-0.2, 0) is 10.3 Å². The van der Waals surface area contributed by atoms with Crippen molar-refractivity contribution >= 4 is 28.6 Å². The van der Waals surface area contributed by atoms with Crippen LogP contribution in [0.25, 0.3) is 10.9 Å². The lowest BCUT2D eigenvalue weighted by Gasteiger charge is -2.25. The van der Waals surface area contributed by atoms with Gasteiger partial charge in [-0.15, -0.1) is 0 Å². The number of aromatic amines is 1. The van der Waals surface area contributed by atoms with Crippen molar-refractivity contribution in [2.24, 2.45) is 0 Å². The molecule has 1 fully saturated rings. The minimum Gasteiger partial charge on any atom is -0.444 e. The third-order valence-corrected chi connectivity index (χ3v) is 4.75. The van der Waals surface area contributed by atoms with Crippen LogP contribution >= 0.6 is 11.6 Å². The Morgan fingerprint density at radius 2 is 1.96 bits per heavy atom. The van der Waals surface area contributed by atoms with Crippen LogP contribution in [0.15, 0.2) is 41.6 Å². The lowest BCUT2D eigenvalue weighted by Crippen LogP contribution is -2.35. The number of hydrogen-bond acceptors (Lipinski definition) is 4. The molecular formula is C19H20ClN3O3. The van der Waals surface area contributed by atoms with Crippen molar-refractivity contribution in [3.05, 3.63) is 52.2 Å². The second-order valence-electron chi connectivity index (χ2n) is 7.79. The third kappa shape index (κ3) is 2.89. The Morgan fingerprint density at radius 3 is 2.58 bits per heavy atom. The second-order valence-corrected chi connectivity index (χ2v) is 8.22. The summed E-state index contributed by atoms with van der Waals surface area (Å²) in [6, 6.07) is 3.53. The van der Waals surface area contributed by atoms with E-state index in [4.69, 9.17) is 16.3 Å². The number of fused-ring (bicyclic) bond motifs is 2. The molecule has 7 heteroatoms. The fraction of sp³-hybridized carbons (Fsp3) is 0.368. The van der Waals surface area contributed by atoms with Crippen molar-refractivity contribution in [1.29, 1.82) is 0 Å². The Labute approximate surface area is 156 Å². The molecule has 136 valence electrons. The highest BCUT2D eigenvalue weighted by atomic mass is 35.5. The zero-order valence-electron chi connectivity index (χ0n) is 14.8. The molecule has 2 aromatic rings. The molecule has 4 rings (SSSR count). The van der Waals surface area contributed by atoms with Crippen LogP contribution in [0.1, 0.15) is 26.3 Å². The van der Waals surface area contributed by atoms with Crippen LogP contribution in [-0.4, -0.2) is 45.0 Å². The number of halogens is 1. The van der Waals surface area contributed by atoms with Crippen molar-refractivity contribution in [3.8, 4) is 0 Å². The molecule has 1 aliphatic heterocycles. The second kappa shape index (κ2) is 5.59. The zero-order chi connectivity index (χ0) is 18.7. The zero-order valence-corrected chi connectivity index (χ0v) is 15.6. The van der Waals surface area contributed by atoms with Gasteiger partial charge in [-0.2, -0.15) is 5.10 Å². The molecular weight excluding hydrogens is 354 g/mol. The molecule has 1 saturated heterocycles. The van der Waals surface area contributed by atoms with Crippen LogP contribution in [0, 0.1) is 0 Å². The van der Waals surface area contributed by atoms with E-state index in [0.717, 1.165) is 22.0 Å². The topological polar surface area (TPSA) is 78.5 Å². The summed E-state index contributed by atoms with van der Waals surface area (Å²) >= 11 is 6.20. The number of carbonyl (C=O) groups is 1. The maximum atomic E-state index is 12.3. The molecule has 2 N–H and O–H groups in total. The summed E-state index contributed by atoms with van der Waals surface area (Å²) in [5.74, 6) is 0. The summed E-state index contributed by atoms with van der Waals surface area (Å²) in [6.45, 7) is 6.35. The van der Waals surface area contributed by atoms with Gasteiger partial charge >= 0.3 is 6.09 Å². The molecule has 0 radical (unpaired) electrons. The number of rotatable bonds is 1. The van der Waals surface area contributed by atoms with Crippen molar-refractivity contribution in [2.75, 3.05) is 13.1 Å². The highest BCUT2D eigenvalue weighted by molar-refractivity contribution is 6.31. The SMILES string of the molecule is CC(C)(C)OC(=O)N1CC2=CC(O)(c3cc(Cl)cc4[nH]ncc34)C=C2C1. The van der Waals surface area contributed by atoms with Crippen molar-refractivity contribution < 1.29 is 14.6 Å². The number of nitrogens with zero attached hydrogens (tertiary/aromatic N) is 2. The summed E-state index contributed by atoms with van der Waals surface area (Å²) in [4.78, 5) is 13.9. The van der Waals surface area contributed by atoms with Crippen molar-refractivity contribution in [1.82, 2.24) is 15.1 Å². The number of likely N-dealkylation sites (tertiary alicyclic amines) is 1. The predicted molar refractivity (Wildman–Crippen MR) is 99.0 cm³/mol. The molecule has 26 heavy (non-hydrogen) atoms. The van der Waals surface area contributed by atoms with Crippen LogP contribution < -0.4 is 0 Å². The molecule has 0 bridgehead atoms. The minimum absolute atomic E-state index is 0.350. The van der Waals surface area contributed by atoms with Gasteiger partial charge in [-0.25, -0.2) is 4.79 Å². The van der Waals surface area contributed by atoms with Gasteiger partial charge in [0.2, 0.25) is 0 Å². The Balaban J connectivity index is 1.63. The first-order valence-electron chi connectivity index (χ1n) is 8.42. The summed E-state index contributed by atoms with van der Waals surface area (Å²) in [5, 5.41) is 19.5. The molecule has 1 aliphatic carbocycles. The lowest BCUT2D eigenvalue weighted by molar-refractivity contribution is 0.0303. The molecule has 1 aromatic heterocycles. The van der Waals surface area contributed by atoms with Gasteiger partial charge in [0.05, 0.1) is 11.7 Å². The van der Waals surface area contributed by atoms with E-state index in [1.165, 1.54) is 0 Å². The number of hydrogen-bond donors (Lipinski definition) is 2. The van der Waals surface area contributed by atoms with E-state index in [2.05, 4.69) is 10.2 Å². The fourth-order valence-corrected chi connectivity index (χ4v) is 3.70. The van der Waals surface area contributed by atoms with Gasteiger partial charge in [0.1, 0.15) is 11.2 Å². The number of carbonyl (C=O) groups excluding carboxylic acids is 1. The van der Waals surface area contributed by atoms with Gasteiger partial charge in [0, 0.05) is 29.1 Å². The van der Waals surface area contributed by atoms with E-state index in [-0.39, 0.29) is 6.09 Å². The third-order valence-electron chi connectivity index (χ3n) is 4.53. The van der Waals surface area contributed by atoms with E-state index in [0.29, 0.717) is 23.7 Å². The lowest BCUT2D eigenvalue weighted by atomic mass is 9.92. The molecule has 2 aliphatic rings. The first kappa shape index (κ1) is 17.1. The molecule has 6 nitrogen and oxygen atoms in total. The Bertz CT molecular complexity index is 946. The molecule has 0 saturated carbocycles. The van der Waals surface area contributed by atoms with E-state index < -0.39 is 11.2 Å². The van der Waals surface area contributed by atoms with Gasteiger partial charge in [-0.05, 0) is 56.2 Å². The Kier molecular flexibility index (Phi) is 3.68. The number of benzene rings is 1. The maximum Gasteiger partial charge on any atom is 0.410 e. The largest absolute Gasteiger partial charge is 0.444 e. The van der Waals surface area contributed by atoms with Crippen molar-refractivity contribution in [3.63, 3.8) is 0 Å². The summed E-state index contributed by atoms with van der Waals surface area (Å²) in [5.41, 5.74) is 1.49. The summed E-state index contributed by atoms with van der Waals surface area (Å²) in [6.07, 6.45) is 4.89. The number of aromatic nitrogens is 2. The number of nitrogens with one attached hydrogen (secondary N) is 1. The van der Waals surface area contributed by atoms with E-state index in [1.807, 2.05) is 20.8 Å². The predicted octanol–water partition coefficient (Wildman–Crippen LogP) is 3.52. The minimum atomic E-state index is -1.27. The van der Waals surface area contributed by atoms with Crippen molar-refractivity contribution in [2.45, 2.75) is 32.0 Å². The molecule has 1 amide bonds. The normalized spacial score (nSPS) is 18.7. The van der Waals surface area contributed by atoms with E-state index in [9.17, 15) is 9.90 Å². The van der Waals surface area contributed by atoms with Crippen LogP contribution in [0.2, 0.25) is 5.02 Å². The standard InChI is InChI=1S/C19H20ClN3O3/c1-18(2,3)26-17(24)23-9-11-6-19(25,7-12(11)10-23)15-4-13(20)5-16-14(15)8-21-22-16/h4-8,25H,9-10H2,1-3H3,(H,21,22). The molecule has 0 unspecified atom stereocenters. The van der Waals surface area contributed by atoms with Crippen LogP contribution in [0.4, 0.5) is 4.79 Å². The van der Waals surface area contributed by atoms with Gasteiger partial charge in [0.25, 0.3) is 0 Å². The van der Waals surface area contributed by atoms with Gasteiger partial charge in [-0.3, -0.25) is 10.00 Å². The fourth-order valence-electron chi connectivity index (χ4n) is 3.48. The molecule has 2 heterocycles.